The number of fused-ring (bicyclic) bond motifs is 1. The van der Waals surface area contributed by atoms with Crippen LogP contribution in [0, 0.1) is 5.41 Å². The Bertz CT molecular complexity index is 1640. The first-order chi connectivity index (χ1) is 22.8. The number of nitrogens with zero attached hydrogens (tertiary/aromatic N) is 1. The second kappa shape index (κ2) is 16.0. The first kappa shape index (κ1) is 36.2. The van der Waals surface area contributed by atoms with Gasteiger partial charge in [0.05, 0.1) is 27.2 Å². The number of anilines is 2. The number of esters is 1. The van der Waals surface area contributed by atoms with Crippen LogP contribution in [0.1, 0.15) is 62.8 Å². The molecule has 4 rings (SSSR count). The Morgan fingerprint density at radius 2 is 1.75 bits per heavy atom. The standard InChI is InChI=1S/C36H41ClN2O9/c1-22(40)47-21-36(2,3)20-39-28-17-14-24(37)18-27(28)33(26-9-7-10-29(45-4)34(26)46-5)48-30(35(39)44)19-31(41)38-25-15-12-23(13-16-25)8-6-11-32(42)43/h7,9-10,12-18,30,33H,6,8,11,19-21H2,1-5H3,(H,38,41)(H,42,43)/t30-,33-/m1/s1. The number of halogens is 1. The van der Waals surface area contributed by atoms with E-state index in [-0.39, 0.29) is 26.0 Å². The van der Waals surface area contributed by atoms with Crippen LogP contribution < -0.4 is 19.7 Å². The third kappa shape index (κ3) is 9.26. The van der Waals surface area contributed by atoms with Crippen molar-refractivity contribution < 1.29 is 43.2 Å². The van der Waals surface area contributed by atoms with Crippen LogP contribution in [-0.4, -0.2) is 62.3 Å². The van der Waals surface area contributed by atoms with Gasteiger partial charge >= 0.3 is 11.9 Å². The number of aliphatic carboxylic acids is 1. The molecule has 0 radical (unpaired) electrons. The highest BCUT2D eigenvalue weighted by molar-refractivity contribution is 6.30. The van der Waals surface area contributed by atoms with Gasteiger partial charge in [-0.25, -0.2) is 0 Å². The smallest absolute Gasteiger partial charge is 0.303 e. The number of nitrogens with one attached hydrogen (secondary N) is 1. The molecule has 1 aliphatic rings. The summed E-state index contributed by atoms with van der Waals surface area (Å²) in [5.74, 6) is -1.33. The monoisotopic (exact) mass is 680 g/mol. The molecule has 12 heteroatoms. The van der Waals surface area contributed by atoms with Gasteiger partial charge in [0.2, 0.25) is 5.91 Å². The maximum Gasteiger partial charge on any atom is 0.303 e. The Balaban J connectivity index is 1.70. The molecule has 48 heavy (non-hydrogen) atoms. The third-order valence-electron chi connectivity index (χ3n) is 7.84. The van der Waals surface area contributed by atoms with Gasteiger partial charge in [0.1, 0.15) is 12.2 Å². The summed E-state index contributed by atoms with van der Waals surface area (Å²) < 4.78 is 23.2. The maximum absolute atomic E-state index is 14.4. The van der Waals surface area contributed by atoms with Gasteiger partial charge in [0.25, 0.3) is 5.91 Å². The van der Waals surface area contributed by atoms with Crippen molar-refractivity contribution in [3.63, 3.8) is 0 Å². The minimum Gasteiger partial charge on any atom is -0.493 e. The fraction of sp³-hybridized carbons (Fsp3) is 0.389. The van der Waals surface area contributed by atoms with E-state index in [0.717, 1.165) is 5.56 Å². The molecule has 1 heterocycles. The van der Waals surface area contributed by atoms with E-state index >= 15 is 0 Å². The largest absolute Gasteiger partial charge is 0.493 e. The van der Waals surface area contributed by atoms with Crippen molar-refractivity contribution in [3.05, 3.63) is 82.4 Å². The van der Waals surface area contributed by atoms with Gasteiger partial charge in [-0.15, -0.1) is 0 Å². The lowest BCUT2D eigenvalue weighted by Gasteiger charge is -2.33. The molecule has 11 nitrogen and oxygen atoms in total. The molecule has 1 aliphatic heterocycles. The Kier molecular flexibility index (Phi) is 12.1. The summed E-state index contributed by atoms with van der Waals surface area (Å²) in [5, 5.41) is 12.2. The van der Waals surface area contributed by atoms with E-state index in [9.17, 15) is 19.2 Å². The van der Waals surface area contributed by atoms with E-state index in [4.69, 9.17) is 35.7 Å². The Morgan fingerprint density at radius 3 is 2.40 bits per heavy atom. The fourth-order valence-electron chi connectivity index (χ4n) is 5.58. The summed E-state index contributed by atoms with van der Waals surface area (Å²) in [5.41, 5.74) is 2.45. The molecule has 0 aromatic heterocycles. The first-order valence-corrected chi connectivity index (χ1v) is 15.9. The zero-order chi connectivity index (χ0) is 35.0. The molecule has 2 N–H and O–H groups in total. The van der Waals surface area contributed by atoms with Crippen LogP contribution in [0.4, 0.5) is 11.4 Å². The van der Waals surface area contributed by atoms with Crippen LogP contribution in [0.25, 0.3) is 0 Å². The summed E-state index contributed by atoms with van der Waals surface area (Å²) in [4.78, 5) is 51.9. The van der Waals surface area contributed by atoms with Crippen molar-refractivity contribution in [2.24, 2.45) is 5.41 Å². The number of amides is 2. The fourth-order valence-corrected chi connectivity index (χ4v) is 5.76. The lowest BCUT2D eigenvalue weighted by molar-refractivity contribution is -0.144. The number of para-hydroxylation sites is 1. The van der Waals surface area contributed by atoms with Crippen molar-refractivity contribution in [2.45, 2.75) is 58.7 Å². The number of hydrogen-bond acceptors (Lipinski definition) is 8. The first-order valence-electron chi connectivity index (χ1n) is 15.5. The van der Waals surface area contributed by atoms with E-state index in [1.54, 1.807) is 53.4 Å². The number of benzene rings is 3. The van der Waals surface area contributed by atoms with Crippen LogP contribution in [0.2, 0.25) is 5.02 Å². The molecule has 0 unspecified atom stereocenters. The van der Waals surface area contributed by atoms with Gasteiger partial charge in [0, 0.05) is 52.8 Å². The summed E-state index contributed by atoms with van der Waals surface area (Å²) in [7, 11) is 3.03. The molecule has 3 aromatic rings. The summed E-state index contributed by atoms with van der Waals surface area (Å²) in [6, 6.07) is 17.6. The van der Waals surface area contributed by atoms with Crippen molar-refractivity contribution in [1.29, 1.82) is 0 Å². The normalized spacial score (nSPS) is 16.0. The molecule has 0 saturated carbocycles. The van der Waals surface area contributed by atoms with Crippen molar-refractivity contribution in [1.82, 2.24) is 0 Å². The zero-order valence-corrected chi connectivity index (χ0v) is 28.5. The lowest BCUT2D eigenvalue weighted by atomic mass is 9.92. The number of carboxylic acids is 1. The number of carboxylic acid groups (broad SMARTS) is 1. The third-order valence-corrected chi connectivity index (χ3v) is 8.07. The van der Waals surface area contributed by atoms with Crippen LogP contribution in [-0.2, 0) is 35.1 Å². The second-order valence-corrected chi connectivity index (χ2v) is 12.8. The SMILES string of the molecule is COc1cccc([C@H]2O[C@H](CC(=O)Nc3ccc(CCCC(=O)O)cc3)C(=O)N(CC(C)(C)COC(C)=O)c3ccc(Cl)cc32)c1OC. The highest BCUT2D eigenvalue weighted by Crippen LogP contribution is 2.45. The minimum atomic E-state index is -1.24. The summed E-state index contributed by atoms with van der Waals surface area (Å²) in [6.07, 6.45) is -1.28. The molecular formula is C36H41ClN2O9. The number of ether oxygens (including phenoxy) is 4. The number of carbonyl (C=O) groups is 4. The molecule has 0 bridgehead atoms. The molecule has 256 valence electrons. The van der Waals surface area contributed by atoms with Crippen LogP contribution in [0.3, 0.4) is 0 Å². The number of carbonyl (C=O) groups excluding carboxylic acids is 3. The van der Waals surface area contributed by atoms with Gasteiger partial charge in [-0.05, 0) is 54.8 Å². The molecule has 2 atom stereocenters. The van der Waals surface area contributed by atoms with Gasteiger partial charge in [-0.1, -0.05) is 49.7 Å². The summed E-state index contributed by atoms with van der Waals surface area (Å²) >= 11 is 6.52. The van der Waals surface area contributed by atoms with Crippen LogP contribution in [0.15, 0.2) is 60.7 Å². The molecular weight excluding hydrogens is 640 g/mol. The zero-order valence-electron chi connectivity index (χ0n) is 27.7. The number of hydrogen-bond donors (Lipinski definition) is 2. The quantitative estimate of drug-likeness (QED) is 0.190. The molecule has 0 saturated heterocycles. The Hall–Kier alpha value is -4.61. The Morgan fingerprint density at radius 1 is 1.02 bits per heavy atom. The molecule has 2 amide bonds. The maximum atomic E-state index is 14.4. The predicted molar refractivity (Wildman–Crippen MR) is 181 cm³/mol. The van der Waals surface area contributed by atoms with Crippen molar-refractivity contribution in [3.8, 4) is 11.5 Å². The van der Waals surface area contributed by atoms with E-state index < -0.39 is 41.4 Å². The van der Waals surface area contributed by atoms with E-state index in [2.05, 4.69) is 5.32 Å². The lowest BCUT2D eigenvalue weighted by Crippen LogP contribution is -2.46. The predicted octanol–water partition coefficient (Wildman–Crippen LogP) is 6.20. The average molecular weight is 681 g/mol. The number of aryl methyl sites for hydroxylation is 1. The summed E-state index contributed by atoms with van der Waals surface area (Å²) in [6.45, 7) is 5.27. The van der Waals surface area contributed by atoms with Gasteiger partial charge in [-0.2, -0.15) is 0 Å². The number of methoxy groups -OCH3 is 2. The van der Waals surface area contributed by atoms with E-state index in [1.807, 2.05) is 26.0 Å². The number of rotatable bonds is 14. The average Bonchev–Trinajstić information content (AvgIpc) is 3.14. The highest BCUT2D eigenvalue weighted by atomic mass is 35.5. The molecule has 0 aliphatic carbocycles. The molecule has 3 aromatic carbocycles. The highest BCUT2D eigenvalue weighted by Gasteiger charge is 2.41. The van der Waals surface area contributed by atoms with E-state index in [0.29, 0.717) is 51.9 Å². The molecule has 0 spiro atoms. The van der Waals surface area contributed by atoms with Crippen molar-refractivity contribution >= 4 is 46.7 Å². The minimum absolute atomic E-state index is 0.0560. The van der Waals surface area contributed by atoms with Gasteiger partial charge < -0.3 is 34.3 Å². The second-order valence-electron chi connectivity index (χ2n) is 12.4. The van der Waals surface area contributed by atoms with Crippen LogP contribution >= 0.6 is 11.6 Å². The van der Waals surface area contributed by atoms with E-state index in [1.165, 1.54) is 21.1 Å². The topological polar surface area (TPSA) is 141 Å². The Labute approximate surface area is 285 Å². The van der Waals surface area contributed by atoms with Gasteiger partial charge in [-0.3, -0.25) is 19.2 Å². The van der Waals surface area contributed by atoms with Gasteiger partial charge in [0.15, 0.2) is 11.5 Å². The van der Waals surface area contributed by atoms with Crippen molar-refractivity contribution in [2.75, 3.05) is 37.6 Å². The molecule has 0 fully saturated rings. The van der Waals surface area contributed by atoms with Crippen LogP contribution in [0.5, 0.6) is 11.5 Å².